The number of quaternary nitrogens is 1. The molecule has 55 heavy (non-hydrogen) atoms. The third-order valence-electron chi connectivity index (χ3n) is 8.83. The van der Waals surface area contributed by atoms with Gasteiger partial charge < -0.3 is 19.8 Å². The van der Waals surface area contributed by atoms with Crippen LogP contribution in [0.5, 0.6) is 0 Å². The Kier molecular flexibility index (Phi) is 35.7. The summed E-state index contributed by atoms with van der Waals surface area (Å²) in [5, 5.41) is 13.8. The molecule has 0 aliphatic carbocycles. The van der Waals surface area contributed by atoms with E-state index in [1.54, 1.807) is 6.08 Å². The zero-order valence-electron chi connectivity index (χ0n) is 35.6. The van der Waals surface area contributed by atoms with Crippen LogP contribution in [0.25, 0.3) is 0 Å². The normalized spacial score (nSPS) is 15.3. The molecule has 0 rings (SSSR count). The maximum absolute atomic E-state index is 12.8. The second-order valence-corrected chi connectivity index (χ2v) is 16.8. The van der Waals surface area contributed by atoms with Crippen molar-refractivity contribution in [1.29, 1.82) is 0 Å². The molecule has 1 amide bonds. The molecule has 0 radical (unpaired) electrons. The van der Waals surface area contributed by atoms with Crippen molar-refractivity contribution in [3.8, 4) is 0 Å². The SMILES string of the molecule is CC/C=C\C/C=C\C/C=C\C/C=C\CCCCCCCCC(=O)NC(COP(=O)(O)OCC[N+](C)(C)C)C(O)/C=C/CC/C=C/CC/C=C/CCCCCC. The predicted molar refractivity (Wildman–Crippen MR) is 235 cm³/mol. The number of rotatable bonds is 37. The van der Waals surface area contributed by atoms with Crippen molar-refractivity contribution in [2.24, 2.45) is 0 Å². The van der Waals surface area contributed by atoms with Crippen LogP contribution in [0.2, 0.25) is 0 Å². The summed E-state index contributed by atoms with van der Waals surface area (Å²) in [6.45, 7) is 4.60. The van der Waals surface area contributed by atoms with Crippen molar-refractivity contribution < 1.29 is 32.9 Å². The number of amides is 1. The van der Waals surface area contributed by atoms with Crippen molar-refractivity contribution >= 4 is 13.7 Å². The van der Waals surface area contributed by atoms with Gasteiger partial charge in [-0.05, 0) is 83.5 Å². The standard InChI is InChI=1S/C46H81N2O6P/c1-6-8-10-12-14-16-18-20-22-23-24-25-26-28-30-32-34-36-38-40-46(50)47-44(43-54-55(51,52)53-42-41-48(3,4)5)45(49)39-37-35-33-31-29-27-21-19-17-15-13-11-9-7-2/h8,10,14,16-17,19-20,22,24-25,29,31,37,39,44-45,49H,6-7,9,11-13,15,18,21,23,26-28,30,32-36,38,40-43H2,1-5H3,(H-,47,50,51,52)/p+1/b10-8-,16-14-,19-17+,22-20-,25-24-,31-29+,39-37+. The average Bonchev–Trinajstić information content (AvgIpc) is 3.13. The number of hydrogen-bond donors (Lipinski definition) is 3. The number of aliphatic hydroxyl groups excluding tert-OH is 1. The summed E-state index contributed by atoms with van der Waals surface area (Å²) >= 11 is 0. The van der Waals surface area contributed by atoms with Gasteiger partial charge in [0.15, 0.2) is 0 Å². The van der Waals surface area contributed by atoms with E-state index >= 15 is 0 Å². The van der Waals surface area contributed by atoms with Gasteiger partial charge >= 0.3 is 7.82 Å². The fourth-order valence-corrected chi connectivity index (χ4v) is 6.15. The molecule has 0 saturated carbocycles. The van der Waals surface area contributed by atoms with E-state index in [0.717, 1.165) is 89.9 Å². The molecule has 3 unspecified atom stereocenters. The number of unbranched alkanes of at least 4 members (excludes halogenated alkanes) is 12. The van der Waals surface area contributed by atoms with Gasteiger partial charge in [-0.1, -0.05) is 144 Å². The molecule has 0 aromatic carbocycles. The van der Waals surface area contributed by atoms with Crippen LogP contribution in [0.1, 0.15) is 149 Å². The number of nitrogens with zero attached hydrogens (tertiary/aromatic N) is 1. The van der Waals surface area contributed by atoms with E-state index in [2.05, 4.69) is 92.1 Å². The number of phosphoric acid groups is 1. The van der Waals surface area contributed by atoms with Gasteiger partial charge in [0.05, 0.1) is 39.9 Å². The first kappa shape index (κ1) is 52.7. The number of allylic oxidation sites excluding steroid dienone is 13. The fourth-order valence-electron chi connectivity index (χ4n) is 5.41. The van der Waals surface area contributed by atoms with E-state index < -0.39 is 20.0 Å². The number of carbonyl (C=O) groups is 1. The molecule has 316 valence electrons. The maximum atomic E-state index is 12.8. The molecule has 9 heteroatoms. The maximum Gasteiger partial charge on any atom is 0.472 e. The first-order valence-electron chi connectivity index (χ1n) is 21.5. The van der Waals surface area contributed by atoms with E-state index in [-0.39, 0.29) is 19.1 Å². The van der Waals surface area contributed by atoms with Gasteiger partial charge in [0.2, 0.25) is 5.91 Å². The van der Waals surface area contributed by atoms with Crippen LogP contribution in [0.3, 0.4) is 0 Å². The Morgan fingerprint density at radius 2 is 1.11 bits per heavy atom. The van der Waals surface area contributed by atoms with E-state index in [0.29, 0.717) is 17.4 Å². The minimum Gasteiger partial charge on any atom is -0.387 e. The zero-order chi connectivity index (χ0) is 40.7. The predicted octanol–water partition coefficient (Wildman–Crippen LogP) is 11.8. The lowest BCUT2D eigenvalue weighted by atomic mass is 10.1. The third-order valence-corrected chi connectivity index (χ3v) is 9.81. The molecule has 0 aliphatic heterocycles. The van der Waals surface area contributed by atoms with Gasteiger partial charge in [0, 0.05) is 6.42 Å². The van der Waals surface area contributed by atoms with Crippen LogP contribution in [0.15, 0.2) is 85.1 Å². The highest BCUT2D eigenvalue weighted by Crippen LogP contribution is 2.43. The average molecular weight is 790 g/mol. The molecule has 3 N–H and O–H groups in total. The summed E-state index contributed by atoms with van der Waals surface area (Å²) in [5.41, 5.74) is 0. The van der Waals surface area contributed by atoms with Crippen LogP contribution in [0.4, 0.5) is 0 Å². The minimum absolute atomic E-state index is 0.0457. The Morgan fingerprint density at radius 1 is 0.636 bits per heavy atom. The Bertz CT molecular complexity index is 1170. The Morgan fingerprint density at radius 3 is 1.67 bits per heavy atom. The Hall–Kier alpha value is -2.32. The number of aliphatic hydroxyl groups is 1. The quantitative estimate of drug-likeness (QED) is 0.0251. The van der Waals surface area contributed by atoms with Crippen molar-refractivity contribution in [2.45, 2.75) is 161 Å². The summed E-state index contributed by atoms with van der Waals surface area (Å²) in [6.07, 6.45) is 50.8. The first-order chi connectivity index (χ1) is 26.5. The van der Waals surface area contributed by atoms with Gasteiger partial charge in [-0.3, -0.25) is 13.8 Å². The monoisotopic (exact) mass is 790 g/mol. The number of nitrogens with one attached hydrogen (secondary N) is 1. The highest BCUT2D eigenvalue weighted by atomic mass is 31.2. The van der Waals surface area contributed by atoms with Gasteiger partial charge in [-0.25, -0.2) is 4.57 Å². The molecule has 3 atom stereocenters. The molecular weight excluding hydrogens is 707 g/mol. The molecule has 0 aromatic heterocycles. The lowest BCUT2D eigenvalue weighted by Gasteiger charge is -2.25. The summed E-state index contributed by atoms with van der Waals surface area (Å²) in [6, 6.07) is -0.881. The second-order valence-electron chi connectivity index (χ2n) is 15.3. The van der Waals surface area contributed by atoms with E-state index in [4.69, 9.17) is 9.05 Å². The summed E-state index contributed by atoms with van der Waals surface area (Å²) in [4.78, 5) is 23.1. The van der Waals surface area contributed by atoms with Crippen molar-refractivity contribution in [3.05, 3.63) is 85.1 Å². The minimum atomic E-state index is -4.36. The number of hydrogen-bond acceptors (Lipinski definition) is 5. The largest absolute Gasteiger partial charge is 0.472 e. The summed E-state index contributed by atoms with van der Waals surface area (Å²) in [7, 11) is 1.52. The van der Waals surface area contributed by atoms with Crippen molar-refractivity contribution in [3.63, 3.8) is 0 Å². The van der Waals surface area contributed by atoms with Crippen molar-refractivity contribution in [1.82, 2.24) is 5.32 Å². The smallest absolute Gasteiger partial charge is 0.387 e. The molecular formula is C46H82N2O6P+. The van der Waals surface area contributed by atoms with Gasteiger partial charge in [0.1, 0.15) is 13.2 Å². The molecule has 8 nitrogen and oxygen atoms in total. The van der Waals surface area contributed by atoms with Crippen LogP contribution in [-0.4, -0.2) is 73.4 Å². The molecule has 0 aliphatic rings. The highest BCUT2D eigenvalue weighted by molar-refractivity contribution is 7.47. The highest BCUT2D eigenvalue weighted by Gasteiger charge is 2.27. The topological polar surface area (TPSA) is 105 Å². The molecule has 0 fully saturated rings. The van der Waals surface area contributed by atoms with Crippen molar-refractivity contribution in [2.75, 3.05) is 40.9 Å². The molecule has 0 aromatic rings. The zero-order valence-corrected chi connectivity index (χ0v) is 36.5. The number of carbonyl (C=O) groups excluding carboxylic acids is 1. The Labute approximate surface area is 337 Å². The van der Waals surface area contributed by atoms with Gasteiger partial charge in [-0.2, -0.15) is 0 Å². The van der Waals surface area contributed by atoms with E-state index in [1.807, 2.05) is 27.2 Å². The van der Waals surface area contributed by atoms with E-state index in [9.17, 15) is 19.4 Å². The molecule has 0 saturated heterocycles. The summed E-state index contributed by atoms with van der Waals surface area (Å²) in [5.74, 6) is -0.211. The van der Waals surface area contributed by atoms with Crippen LogP contribution < -0.4 is 5.32 Å². The number of likely N-dealkylation sites (N-methyl/N-ethyl adjacent to an activating group) is 1. The third kappa shape index (κ3) is 39.7. The number of phosphoric ester groups is 1. The van der Waals surface area contributed by atoms with E-state index in [1.165, 1.54) is 38.5 Å². The molecule has 0 heterocycles. The summed E-state index contributed by atoms with van der Waals surface area (Å²) < 4.78 is 23.5. The van der Waals surface area contributed by atoms with Gasteiger partial charge in [0.25, 0.3) is 0 Å². The first-order valence-corrected chi connectivity index (χ1v) is 23.0. The Balaban J connectivity index is 4.55. The second kappa shape index (κ2) is 37.3. The van der Waals surface area contributed by atoms with Crippen LogP contribution >= 0.6 is 7.82 Å². The van der Waals surface area contributed by atoms with Crippen LogP contribution in [-0.2, 0) is 18.4 Å². The molecule has 0 bridgehead atoms. The lowest BCUT2D eigenvalue weighted by molar-refractivity contribution is -0.870. The van der Waals surface area contributed by atoms with Crippen LogP contribution in [0, 0.1) is 0 Å². The van der Waals surface area contributed by atoms with Gasteiger partial charge in [-0.15, -0.1) is 0 Å². The molecule has 0 spiro atoms. The fraction of sp³-hybridized carbons (Fsp3) is 0.674. The lowest BCUT2D eigenvalue weighted by Crippen LogP contribution is -2.45.